The van der Waals surface area contributed by atoms with E-state index in [0.29, 0.717) is 18.5 Å². The van der Waals surface area contributed by atoms with Gasteiger partial charge < -0.3 is 19.5 Å². The minimum atomic E-state index is -0.0983. The number of nitrogens with zero attached hydrogens (tertiary/aromatic N) is 1. The summed E-state index contributed by atoms with van der Waals surface area (Å²) in [7, 11) is 3.28. The summed E-state index contributed by atoms with van der Waals surface area (Å²) in [6, 6.07) is 20.4. The Morgan fingerprint density at radius 2 is 1.63 bits per heavy atom. The molecule has 0 fully saturated rings. The lowest BCUT2D eigenvalue weighted by Gasteiger charge is -2.38. The number of hydrogen-bond donors (Lipinski definition) is 1. The van der Waals surface area contributed by atoms with Gasteiger partial charge in [-0.15, -0.1) is 0 Å². The lowest BCUT2D eigenvalue weighted by Crippen LogP contribution is -2.41. The van der Waals surface area contributed by atoms with Crippen LogP contribution in [0.2, 0.25) is 0 Å². The number of methoxy groups -OCH3 is 2. The summed E-state index contributed by atoms with van der Waals surface area (Å²) >= 11 is 0. The van der Waals surface area contributed by atoms with Gasteiger partial charge in [-0.1, -0.05) is 18.2 Å². The molecule has 4 rings (SSSR count). The van der Waals surface area contributed by atoms with E-state index < -0.39 is 0 Å². The Labute approximate surface area is 176 Å². The predicted molar refractivity (Wildman–Crippen MR) is 115 cm³/mol. The highest BCUT2D eigenvalue weighted by atomic mass is 16.5. The SMILES string of the molecule is COc1ccc(C(=O)N2CCc3cc(OC)ccc3C2Cc2ccc(O)cc2)cc1. The van der Waals surface area contributed by atoms with Gasteiger partial charge in [0.05, 0.1) is 20.3 Å². The van der Waals surface area contributed by atoms with E-state index in [4.69, 9.17) is 9.47 Å². The Bertz CT molecular complexity index is 1030. The fourth-order valence-electron chi connectivity index (χ4n) is 4.03. The monoisotopic (exact) mass is 403 g/mol. The molecule has 0 saturated carbocycles. The van der Waals surface area contributed by atoms with Crippen molar-refractivity contribution in [3.8, 4) is 17.2 Å². The topological polar surface area (TPSA) is 59.0 Å². The third kappa shape index (κ3) is 3.96. The van der Waals surface area contributed by atoms with Crippen molar-refractivity contribution in [3.63, 3.8) is 0 Å². The smallest absolute Gasteiger partial charge is 0.254 e. The molecule has 1 N–H and O–H groups in total. The number of hydrogen-bond acceptors (Lipinski definition) is 4. The fourth-order valence-corrected chi connectivity index (χ4v) is 4.03. The number of aromatic hydroxyl groups is 1. The van der Waals surface area contributed by atoms with Crippen molar-refractivity contribution in [2.24, 2.45) is 0 Å². The van der Waals surface area contributed by atoms with Crippen LogP contribution in [0.4, 0.5) is 0 Å². The van der Waals surface area contributed by atoms with E-state index in [0.717, 1.165) is 29.0 Å². The van der Waals surface area contributed by atoms with Crippen LogP contribution < -0.4 is 9.47 Å². The molecule has 1 amide bonds. The number of phenolic OH excluding ortho intramolecular Hbond substituents is 1. The molecule has 0 saturated heterocycles. The lowest BCUT2D eigenvalue weighted by atomic mass is 9.88. The Morgan fingerprint density at radius 3 is 2.30 bits per heavy atom. The summed E-state index contributed by atoms with van der Waals surface area (Å²) in [5.74, 6) is 1.79. The van der Waals surface area contributed by atoms with Crippen LogP contribution in [-0.4, -0.2) is 36.7 Å². The van der Waals surface area contributed by atoms with Crippen molar-refractivity contribution in [1.82, 2.24) is 4.90 Å². The van der Waals surface area contributed by atoms with Crippen LogP contribution >= 0.6 is 0 Å². The van der Waals surface area contributed by atoms with E-state index in [1.54, 1.807) is 26.4 Å². The number of carbonyl (C=O) groups excluding carboxylic acids is 1. The summed E-state index contributed by atoms with van der Waals surface area (Å²) in [6.07, 6.45) is 1.45. The third-order valence-corrected chi connectivity index (χ3v) is 5.67. The maximum Gasteiger partial charge on any atom is 0.254 e. The number of phenols is 1. The summed E-state index contributed by atoms with van der Waals surface area (Å²) in [6.45, 7) is 0.633. The molecule has 5 nitrogen and oxygen atoms in total. The van der Waals surface area contributed by atoms with Gasteiger partial charge in [-0.25, -0.2) is 0 Å². The lowest BCUT2D eigenvalue weighted by molar-refractivity contribution is 0.0660. The van der Waals surface area contributed by atoms with E-state index in [2.05, 4.69) is 12.1 Å². The first-order valence-corrected chi connectivity index (χ1v) is 9.99. The van der Waals surface area contributed by atoms with Gasteiger partial charge >= 0.3 is 0 Å². The normalized spacial score (nSPS) is 15.4. The molecule has 5 heteroatoms. The van der Waals surface area contributed by atoms with Crippen LogP contribution in [-0.2, 0) is 12.8 Å². The predicted octanol–water partition coefficient (Wildman–Crippen LogP) is 4.39. The minimum absolute atomic E-state index is 0.00268. The van der Waals surface area contributed by atoms with Gasteiger partial charge in [-0.2, -0.15) is 0 Å². The molecule has 1 aliphatic rings. The summed E-state index contributed by atoms with van der Waals surface area (Å²) < 4.78 is 10.6. The highest BCUT2D eigenvalue weighted by molar-refractivity contribution is 5.94. The Morgan fingerprint density at radius 1 is 0.967 bits per heavy atom. The molecule has 1 atom stereocenters. The zero-order chi connectivity index (χ0) is 21.1. The molecule has 1 unspecified atom stereocenters. The first-order chi connectivity index (χ1) is 14.6. The standard InChI is InChI=1S/C25H25NO4/c1-29-21-9-5-18(6-10-21)25(28)26-14-13-19-16-22(30-2)11-12-23(19)24(26)15-17-3-7-20(27)8-4-17/h3-12,16,24,27H,13-15H2,1-2H3. The summed E-state index contributed by atoms with van der Waals surface area (Å²) in [4.78, 5) is 15.4. The van der Waals surface area contributed by atoms with Gasteiger partial charge in [-0.3, -0.25) is 4.79 Å². The zero-order valence-corrected chi connectivity index (χ0v) is 17.2. The molecule has 3 aromatic rings. The number of fused-ring (bicyclic) bond motifs is 1. The maximum absolute atomic E-state index is 13.4. The first kappa shape index (κ1) is 19.8. The number of benzene rings is 3. The maximum atomic E-state index is 13.4. The van der Waals surface area contributed by atoms with Crippen molar-refractivity contribution in [3.05, 3.63) is 89.0 Å². The van der Waals surface area contributed by atoms with Crippen molar-refractivity contribution in [1.29, 1.82) is 0 Å². The van der Waals surface area contributed by atoms with Gasteiger partial charge in [0.25, 0.3) is 5.91 Å². The second-order valence-electron chi connectivity index (χ2n) is 7.43. The molecular weight excluding hydrogens is 378 g/mol. The molecule has 3 aromatic carbocycles. The van der Waals surface area contributed by atoms with E-state index in [1.165, 1.54) is 5.56 Å². The first-order valence-electron chi connectivity index (χ1n) is 9.99. The summed E-state index contributed by atoms with van der Waals surface area (Å²) in [5, 5.41) is 9.62. The van der Waals surface area contributed by atoms with Gasteiger partial charge in [0.1, 0.15) is 17.2 Å². The average molecular weight is 403 g/mol. The average Bonchev–Trinajstić information content (AvgIpc) is 2.80. The van der Waals surface area contributed by atoms with Gasteiger partial charge in [-0.05, 0) is 78.1 Å². The summed E-state index contributed by atoms with van der Waals surface area (Å²) in [5.41, 5.74) is 4.05. The van der Waals surface area contributed by atoms with Gasteiger partial charge in [0.15, 0.2) is 0 Å². The molecule has 1 heterocycles. The Hall–Kier alpha value is -3.47. The van der Waals surface area contributed by atoms with E-state index >= 15 is 0 Å². The number of carbonyl (C=O) groups is 1. The molecule has 0 bridgehead atoms. The molecule has 0 radical (unpaired) electrons. The molecule has 154 valence electrons. The van der Waals surface area contributed by atoms with Crippen LogP contribution in [0.3, 0.4) is 0 Å². The van der Waals surface area contributed by atoms with E-state index in [9.17, 15) is 9.90 Å². The van der Waals surface area contributed by atoms with Crippen LogP contribution in [0.5, 0.6) is 17.2 Å². The third-order valence-electron chi connectivity index (χ3n) is 5.67. The van der Waals surface area contributed by atoms with Gasteiger partial charge in [0, 0.05) is 12.1 Å². The Kier molecular flexibility index (Phi) is 5.61. The second-order valence-corrected chi connectivity index (χ2v) is 7.43. The van der Waals surface area contributed by atoms with E-state index in [-0.39, 0.29) is 17.7 Å². The van der Waals surface area contributed by atoms with Crippen LogP contribution in [0, 0.1) is 0 Å². The van der Waals surface area contributed by atoms with Crippen molar-refractivity contribution in [2.45, 2.75) is 18.9 Å². The molecule has 30 heavy (non-hydrogen) atoms. The highest BCUT2D eigenvalue weighted by Gasteiger charge is 2.31. The van der Waals surface area contributed by atoms with Crippen molar-refractivity contribution in [2.75, 3.05) is 20.8 Å². The largest absolute Gasteiger partial charge is 0.508 e. The van der Waals surface area contributed by atoms with Gasteiger partial charge in [0.2, 0.25) is 0 Å². The van der Waals surface area contributed by atoms with Crippen LogP contribution in [0.1, 0.15) is 33.1 Å². The van der Waals surface area contributed by atoms with Crippen molar-refractivity contribution >= 4 is 5.91 Å². The molecule has 0 aromatic heterocycles. The zero-order valence-electron chi connectivity index (χ0n) is 17.2. The van der Waals surface area contributed by atoms with E-state index in [1.807, 2.05) is 47.4 Å². The van der Waals surface area contributed by atoms with Crippen LogP contribution in [0.15, 0.2) is 66.7 Å². The highest BCUT2D eigenvalue weighted by Crippen LogP contribution is 2.35. The Balaban J connectivity index is 1.69. The molecular formula is C25H25NO4. The minimum Gasteiger partial charge on any atom is -0.508 e. The molecule has 1 aliphatic heterocycles. The number of rotatable bonds is 5. The second kappa shape index (κ2) is 8.49. The molecule has 0 spiro atoms. The quantitative estimate of drug-likeness (QED) is 0.686. The number of ether oxygens (including phenoxy) is 2. The fraction of sp³-hybridized carbons (Fsp3) is 0.240. The van der Waals surface area contributed by atoms with Crippen molar-refractivity contribution < 1.29 is 19.4 Å². The molecule has 0 aliphatic carbocycles. The van der Waals surface area contributed by atoms with Crippen LogP contribution in [0.25, 0.3) is 0 Å². The number of amides is 1.